The number of nitriles is 1. The Kier molecular flexibility index (Phi) is 4.46. The van der Waals surface area contributed by atoms with Gasteiger partial charge in [-0.25, -0.2) is 0 Å². The van der Waals surface area contributed by atoms with Crippen LogP contribution >= 0.6 is 0 Å². The van der Waals surface area contributed by atoms with Crippen molar-refractivity contribution in [1.82, 2.24) is 5.32 Å². The van der Waals surface area contributed by atoms with E-state index in [2.05, 4.69) is 11.4 Å². The lowest BCUT2D eigenvalue weighted by Crippen LogP contribution is -2.41. The highest BCUT2D eigenvalue weighted by Crippen LogP contribution is 2.17. The zero-order valence-corrected chi connectivity index (χ0v) is 11.0. The molecule has 0 aliphatic rings. The van der Waals surface area contributed by atoms with Gasteiger partial charge >= 0.3 is 0 Å². The first-order valence-electron chi connectivity index (χ1n) is 5.90. The summed E-state index contributed by atoms with van der Waals surface area (Å²) in [6, 6.07) is 9.58. The maximum absolute atomic E-state index is 11.2. The van der Waals surface area contributed by atoms with E-state index in [0.29, 0.717) is 12.1 Å². The van der Waals surface area contributed by atoms with Crippen LogP contribution in [-0.2, 0) is 4.79 Å². The smallest absolute Gasteiger partial charge is 0.224 e. The number of amides is 1. The molecule has 1 aromatic carbocycles. The number of nitrogens with two attached hydrogens (primary N) is 1. The molecule has 0 fully saturated rings. The third-order valence-corrected chi connectivity index (χ3v) is 3.06. The van der Waals surface area contributed by atoms with Crippen molar-refractivity contribution < 1.29 is 4.79 Å². The van der Waals surface area contributed by atoms with Gasteiger partial charge in [0, 0.05) is 12.6 Å². The van der Waals surface area contributed by atoms with Gasteiger partial charge in [-0.1, -0.05) is 12.1 Å². The van der Waals surface area contributed by atoms with Crippen molar-refractivity contribution in [2.75, 3.05) is 6.54 Å². The van der Waals surface area contributed by atoms with Crippen LogP contribution in [-0.4, -0.2) is 12.5 Å². The summed E-state index contributed by atoms with van der Waals surface area (Å²) in [6.45, 7) is 6.16. The number of benzene rings is 1. The maximum Gasteiger partial charge on any atom is 0.224 e. The molecule has 0 radical (unpaired) electrons. The van der Waals surface area contributed by atoms with E-state index in [4.69, 9.17) is 11.0 Å². The van der Waals surface area contributed by atoms with E-state index < -0.39 is 5.41 Å². The Balaban J connectivity index is 2.63. The Morgan fingerprint density at radius 2 is 2.00 bits per heavy atom. The second-order valence-corrected chi connectivity index (χ2v) is 5.08. The zero-order chi connectivity index (χ0) is 13.8. The molecule has 4 nitrogen and oxygen atoms in total. The van der Waals surface area contributed by atoms with Crippen LogP contribution in [0, 0.1) is 16.7 Å². The molecule has 0 spiro atoms. The van der Waals surface area contributed by atoms with Crippen LogP contribution in [0.1, 0.15) is 37.9 Å². The average Bonchev–Trinajstić information content (AvgIpc) is 2.36. The van der Waals surface area contributed by atoms with Gasteiger partial charge in [0.15, 0.2) is 0 Å². The van der Waals surface area contributed by atoms with E-state index in [1.165, 1.54) is 0 Å². The molecule has 0 aromatic heterocycles. The van der Waals surface area contributed by atoms with Crippen molar-refractivity contribution in [3.05, 3.63) is 35.4 Å². The lowest BCUT2D eigenvalue weighted by Gasteiger charge is -2.24. The Bertz CT molecular complexity index is 457. The molecule has 4 heteroatoms. The fraction of sp³-hybridized carbons (Fsp3) is 0.429. The van der Waals surface area contributed by atoms with Gasteiger partial charge in [-0.3, -0.25) is 4.79 Å². The van der Waals surface area contributed by atoms with Crippen molar-refractivity contribution in [1.29, 1.82) is 5.26 Å². The second kappa shape index (κ2) is 5.65. The number of nitrogens with one attached hydrogen (secondary N) is 1. The fourth-order valence-electron chi connectivity index (χ4n) is 1.46. The first kappa shape index (κ1) is 14.2. The van der Waals surface area contributed by atoms with Crippen molar-refractivity contribution in [3.63, 3.8) is 0 Å². The number of carbonyl (C=O) groups is 1. The molecule has 1 aromatic rings. The molecule has 1 rings (SSSR count). The molecule has 0 bridgehead atoms. The van der Waals surface area contributed by atoms with Gasteiger partial charge in [0.1, 0.15) is 0 Å². The van der Waals surface area contributed by atoms with E-state index in [-0.39, 0.29) is 11.9 Å². The molecule has 1 amide bonds. The summed E-state index contributed by atoms with van der Waals surface area (Å²) < 4.78 is 0. The van der Waals surface area contributed by atoms with Crippen molar-refractivity contribution in [3.8, 4) is 6.07 Å². The number of nitrogens with zero attached hydrogens (tertiary/aromatic N) is 1. The maximum atomic E-state index is 11.2. The number of rotatable bonds is 5. The molecular formula is C14H19N3O. The summed E-state index contributed by atoms with van der Waals surface area (Å²) in [6.07, 6.45) is 0. The van der Waals surface area contributed by atoms with Gasteiger partial charge in [0.2, 0.25) is 5.91 Å². The standard InChI is InChI=1S/C14H19N3O/c1-10(17-9-14(2,3)13(16)18)12-6-4-11(8-15)5-7-12/h4-7,10,17H,9H2,1-3H3,(H2,16,18)/t10-/m1/s1. The normalized spacial score (nSPS) is 12.8. The summed E-state index contributed by atoms with van der Waals surface area (Å²) in [4.78, 5) is 11.2. The quantitative estimate of drug-likeness (QED) is 0.829. The summed E-state index contributed by atoms with van der Waals surface area (Å²) in [5.74, 6) is -0.318. The topological polar surface area (TPSA) is 78.9 Å². The van der Waals surface area contributed by atoms with E-state index in [0.717, 1.165) is 5.56 Å². The van der Waals surface area contributed by atoms with Gasteiger partial charge in [-0.2, -0.15) is 5.26 Å². The molecule has 0 heterocycles. The van der Waals surface area contributed by atoms with Crippen LogP contribution < -0.4 is 11.1 Å². The Morgan fingerprint density at radius 1 is 1.44 bits per heavy atom. The van der Waals surface area contributed by atoms with Crippen LogP contribution in [0.25, 0.3) is 0 Å². The van der Waals surface area contributed by atoms with Crippen LogP contribution in [0.5, 0.6) is 0 Å². The average molecular weight is 245 g/mol. The van der Waals surface area contributed by atoms with Crippen LogP contribution in [0.15, 0.2) is 24.3 Å². The molecule has 0 saturated heterocycles. The molecular weight excluding hydrogens is 226 g/mol. The summed E-state index contributed by atoms with van der Waals surface area (Å²) in [5, 5.41) is 12.0. The Hall–Kier alpha value is -1.86. The fourth-order valence-corrected chi connectivity index (χ4v) is 1.46. The monoisotopic (exact) mass is 245 g/mol. The van der Waals surface area contributed by atoms with E-state index >= 15 is 0 Å². The molecule has 3 N–H and O–H groups in total. The van der Waals surface area contributed by atoms with Gasteiger partial charge in [0.25, 0.3) is 0 Å². The van der Waals surface area contributed by atoms with Gasteiger partial charge in [-0.15, -0.1) is 0 Å². The SMILES string of the molecule is C[C@@H](NCC(C)(C)C(N)=O)c1ccc(C#N)cc1. The molecule has 0 aliphatic carbocycles. The minimum absolute atomic E-state index is 0.108. The predicted molar refractivity (Wildman–Crippen MR) is 70.6 cm³/mol. The molecule has 0 aliphatic heterocycles. The van der Waals surface area contributed by atoms with E-state index in [9.17, 15) is 4.79 Å². The second-order valence-electron chi connectivity index (χ2n) is 5.08. The Labute approximate surface area is 108 Å². The van der Waals surface area contributed by atoms with Crippen LogP contribution in [0.2, 0.25) is 0 Å². The van der Waals surface area contributed by atoms with Crippen LogP contribution in [0.3, 0.4) is 0 Å². The largest absolute Gasteiger partial charge is 0.369 e. The zero-order valence-electron chi connectivity index (χ0n) is 11.0. The van der Waals surface area contributed by atoms with Crippen molar-refractivity contribution >= 4 is 5.91 Å². The summed E-state index contributed by atoms with van der Waals surface area (Å²) in [7, 11) is 0. The minimum Gasteiger partial charge on any atom is -0.369 e. The predicted octanol–water partition coefficient (Wildman–Crippen LogP) is 1.72. The third kappa shape index (κ3) is 3.57. The summed E-state index contributed by atoms with van der Waals surface area (Å²) in [5.41, 5.74) is 6.47. The number of carbonyl (C=O) groups excluding carboxylic acids is 1. The van der Waals surface area contributed by atoms with Gasteiger partial charge < -0.3 is 11.1 Å². The number of hydrogen-bond donors (Lipinski definition) is 2. The van der Waals surface area contributed by atoms with E-state index in [1.807, 2.05) is 32.9 Å². The highest BCUT2D eigenvalue weighted by Gasteiger charge is 2.25. The highest BCUT2D eigenvalue weighted by atomic mass is 16.1. The molecule has 0 saturated carbocycles. The first-order valence-corrected chi connectivity index (χ1v) is 5.90. The van der Waals surface area contributed by atoms with Crippen molar-refractivity contribution in [2.45, 2.75) is 26.8 Å². The Morgan fingerprint density at radius 3 is 2.44 bits per heavy atom. The minimum atomic E-state index is -0.569. The first-order chi connectivity index (χ1) is 8.36. The highest BCUT2D eigenvalue weighted by molar-refractivity contribution is 5.80. The van der Waals surface area contributed by atoms with Crippen molar-refractivity contribution in [2.24, 2.45) is 11.1 Å². The third-order valence-electron chi connectivity index (χ3n) is 3.06. The molecule has 1 atom stereocenters. The molecule has 96 valence electrons. The molecule has 0 unspecified atom stereocenters. The summed E-state index contributed by atoms with van der Waals surface area (Å²) >= 11 is 0. The number of primary amides is 1. The molecule has 18 heavy (non-hydrogen) atoms. The van der Waals surface area contributed by atoms with Crippen LogP contribution in [0.4, 0.5) is 0 Å². The lowest BCUT2D eigenvalue weighted by molar-refractivity contribution is -0.125. The van der Waals surface area contributed by atoms with E-state index in [1.54, 1.807) is 12.1 Å². The lowest BCUT2D eigenvalue weighted by atomic mass is 9.92. The van der Waals surface area contributed by atoms with Gasteiger partial charge in [0.05, 0.1) is 17.0 Å². The number of hydrogen-bond acceptors (Lipinski definition) is 3. The van der Waals surface area contributed by atoms with Gasteiger partial charge in [-0.05, 0) is 38.5 Å².